The van der Waals surface area contributed by atoms with Crippen LogP contribution in [0.4, 0.5) is 5.95 Å². The van der Waals surface area contributed by atoms with Gasteiger partial charge in [0, 0.05) is 5.25 Å². The van der Waals surface area contributed by atoms with Gasteiger partial charge in [-0.15, -0.1) is 0 Å². The molecule has 24 heavy (non-hydrogen) atoms. The molecule has 0 bridgehead atoms. The first-order valence-electron chi connectivity index (χ1n) is 7.98. The van der Waals surface area contributed by atoms with Gasteiger partial charge in [0.2, 0.25) is 11.2 Å². The lowest BCUT2D eigenvalue weighted by Gasteiger charge is -2.18. The third kappa shape index (κ3) is 5.92. The van der Waals surface area contributed by atoms with Gasteiger partial charge in [-0.2, -0.15) is 15.0 Å². The molecule has 2 atom stereocenters. The van der Waals surface area contributed by atoms with Gasteiger partial charge in [0.25, 0.3) is 0 Å². The first-order valence-corrected chi connectivity index (χ1v) is 9.24. The smallest absolute Gasteiger partial charge is 0.228 e. The number of thioether (sulfide) groups is 1. The molecule has 0 aliphatic carbocycles. The van der Waals surface area contributed by atoms with Crippen molar-refractivity contribution in [2.24, 2.45) is 5.92 Å². The quantitative estimate of drug-likeness (QED) is 0.682. The Morgan fingerprint density at radius 3 is 2.46 bits per heavy atom. The molecular formula is C17H23ClN4OS. The zero-order chi connectivity index (χ0) is 17.5. The number of benzene rings is 1. The number of halogens is 1. The average molecular weight is 367 g/mol. The van der Waals surface area contributed by atoms with Crippen LogP contribution in [0.1, 0.15) is 38.0 Å². The molecule has 7 heteroatoms. The summed E-state index contributed by atoms with van der Waals surface area (Å²) in [5.41, 5.74) is 1.20. The number of nitrogens with zero attached hydrogens (tertiary/aromatic N) is 3. The Labute approximate surface area is 152 Å². The lowest BCUT2D eigenvalue weighted by molar-refractivity contribution is 0.259. The first kappa shape index (κ1) is 19.0. The molecule has 0 amide bonds. The molecule has 5 nitrogen and oxygen atoms in total. The van der Waals surface area contributed by atoms with Gasteiger partial charge < -0.3 is 10.4 Å². The number of aliphatic hydroxyl groups is 1. The highest BCUT2D eigenvalue weighted by Gasteiger charge is 2.15. The van der Waals surface area contributed by atoms with Gasteiger partial charge in [-0.25, -0.2) is 0 Å². The van der Waals surface area contributed by atoms with E-state index in [0.717, 1.165) is 6.42 Å². The molecule has 0 fully saturated rings. The third-order valence-corrected chi connectivity index (χ3v) is 4.64. The summed E-state index contributed by atoms with van der Waals surface area (Å²) in [6, 6.07) is 10.1. The highest BCUT2D eigenvalue weighted by molar-refractivity contribution is 7.99. The van der Waals surface area contributed by atoms with Crippen LogP contribution in [0.3, 0.4) is 0 Å². The zero-order valence-corrected chi connectivity index (χ0v) is 15.7. The van der Waals surface area contributed by atoms with Crippen LogP contribution in [-0.4, -0.2) is 32.7 Å². The predicted octanol–water partition coefficient (Wildman–Crippen LogP) is 4.20. The van der Waals surface area contributed by atoms with Gasteiger partial charge in [-0.05, 0) is 36.4 Å². The zero-order valence-electron chi connectivity index (χ0n) is 14.1. The maximum atomic E-state index is 9.50. The number of aromatic nitrogens is 3. The summed E-state index contributed by atoms with van der Waals surface area (Å²) in [6.45, 7) is 6.32. The monoisotopic (exact) mass is 366 g/mol. The van der Waals surface area contributed by atoms with Crippen molar-refractivity contribution in [2.45, 2.75) is 43.6 Å². The molecule has 1 heterocycles. The minimum Gasteiger partial charge on any atom is -0.394 e. The summed E-state index contributed by atoms with van der Waals surface area (Å²) < 4.78 is 0. The van der Waals surface area contributed by atoms with Crippen molar-refractivity contribution in [3.63, 3.8) is 0 Å². The number of anilines is 1. The van der Waals surface area contributed by atoms with Crippen molar-refractivity contribution in [1.82, 2.24) is 15.0 Å². The molecule has 0 radical (unpaired) electrons. The summed E-state index contributed by atoms with van der Waals surface area (Å²) in [6.07, 6.45) is 0.822. The van der Waals surface area contributed by atoms with E-state index in [4.69, 9.17) is 11.6 Å². The SMILES string of the molecule is CC(C)C[C@H](CO)Nc1nc(Cl)nc(SC(C)c2ccccc2)n1. The van der Waals surface area contributed by atoms with Gasteiger partial charge in [-0.1, -0.05) is 55.9 Å². The molecule has 2 rings (SSSR count). The number of rotatable bonds is 8. The second-order valence-corrected chi connectivity index (χ2v) is 7.68. The maximum Gasteiger partial charge on any atom is 0.228 e. The molecule has 0 aliphatic heterocycles. The van der Waals surface area contributed by atoms with Crippen LogP contribution in [0.25, 0.3) is 0 Å². The van der Waals surface area contributed by atoms with Gasteiger partial charge in [0.05, 0.1) is 12.6 Å². The third-order valence-electron chi connectivity index (χ3n) is 3.45. The van der Waals surface area contributed by atoms with E-state index in [1.165, 1.54) is 17.3 Å². The summed E-state index contributed by atoms with van der Waals surface area (Å²) >= 11 is 7.56. The van der Waals surface area contributed by atoms with Crippen LogP contribution in [0.15, 0.2) is 35.5 Å². The normalized spacial score (nSPS) is 13.8. The van der Waals surface area contributed by atoms with Crippen molar-refractivity contribution >= 4 is 29.3 Å². The minimum absolute atomic E-state index is 0.0182. The Morgan fingerprint density at radius 2 is 1.83 bits per heavy atom. The summed E-state index contributed by atoms with van der Waals surface area (Å²) in [5.74, 6) is 0.858. The molecule has 0 aliphatic rings. The van der Waals surface area contributed by atoms with Crippen LogP contribution in [-0.2, 0) is 0 Å². The predicted molar refractivity (Wildman–Crippen MR) is 99.5 cm³/mol. The Kier molecular flexibility index (Phi) is 7.27. The van der Waals surface area contributed by atoms with E-state index in [2.05, 4.69) is 53.2 Å². The van der Waals surface area contributed by atoms with E-state index in [1.54, 1.807) is 0 Å². The van der Waals surface area contributed by atoms with Crippen LogP contribution in [0.5, 0.6) is 0 Å². The van der Waals surface area contributed by atoms with Crippen LogP contribution < -0.4 is 5.32 Å². The molecule has 1 unspecified atom stereocenters. The van der Waals surface area contributed by atoms with Gasteiger partial charge in [-0.3, -0.25) is 0 Å². The van der Waals surface area contributed by atoms with Gasteiger partial charge in [0.15, 0.2) is 5.16 Å². The Bertz CT molecular complexity index is 642. The molecular weight excluding hydrogens is 344 g/mol. The average Bonchev–Trinajstić information content (AvgIpc) is 2.54. The van der Waals surface area contributed by atoms with E-state index >= 15 is 0 Å². The van der Waals surface area contributed by atoms with Crippen molar-refractivity contribution in [1.29, 1.82) is 0 Å². The first-order chi connectivity index (χ1) is 11.5. The molecule has 130 valence electrons. The summed E-state index contributed by atoms with van der Waals surface area (Å²) in [7, 11) is 0. The lowest BCUT2D eigenvalue weighted by atomic mass is 10.0. The molecule has 1 aromatic carbocycles. The molecule has 0 saturated heterocycles. The second kappa shape index (κ2) is 9.20. The Morgan fingerprint density at radius 1 is 1.12 bits per heavy atom. The summed E-state index contributed by atoms with van der Waals surface area (Å²) in [4.78, 5) is 12.7. The number of aliphatic hydroxyl groups excluding tert-OH is 1. The van der Waals surface area contributed by atoms with Crippen LogP contribution >= 0.6 is 23.4 Å². The Balaban J connectivity index is 2.10. The van der Waals surface area contributed by atoms with E-state index in [9.17, 15) is 5.11 Å². The van der Waals surface area contributed by atoms with E-state index < -0.39 is 0 Å². The number of hydrogen-bond donors (Lipinski definition) is 2. The maximum absolute atomic E-state index is 9.50. The lowest BCUT2D eigenvalue weighted by Crippen LogP contribution is -2.26. The number of hydrogen-bond acceptors (Lipinski definition) is 6. The Hall–Kier alpha value is -1.37. The van der Waals surface area contributed by atoms with Gasteiger partial charge >= 0.3 is 0 Å². The fraction of sp³-hybridized carbons (Fsp3) is 0.471. The van der Waals surface area contributed by atoms with Crippen LogP contribution in [0.2, 0.25) is 5.28 Å². The summed E-state index contributed by atoms with van der Waals surface area (Å²) in [5, 5.41) is 13.6. The fourth-order valence-corrected chi connectivity index (χ4v) is 3.43. The number of nitrogens with one attached hydrogen (secondary N) is 1. The van der Waals surface area contributed by atoms with Crippen molar-refractivity contribution < 1.29 is 5.11 Å². The van der Waals surface area contributed by atoms with Crippen molar-refractivity contribution in [3.05, 3.63) is 41.2 Å². The van der Waals surface area contributed by atoms with Crippen molar-refractivity contribution in [3.8, 4) is 0 Å². The van der Waals surface area contributed by atoms with Crippen molar-refractivity contribution in [2.75, 3.05) is 11.9 Å². The molecule has 0 spiro atoms. The highest BCUT2D eigenvalue weighted by atomic mass is 35.5. The minimum atomic E-state index is -0.104. The largest absolute Gasteiger partial charge is 0.394 e. The standard InChI is InChI=1S/C17H23ClN4OS/c1-11(2)9-14(10-23)19-16-20-15(18)21-17(22-16)24-12(3)13-7-5-4-6-8-13/h4-8,11-12,14,23H,9-10H2,1-3H3,(H,19,20,21,22)/t12?,14-/m1/s1. The van der Waals surface area contributed by atoms with E-state index in [0.29, 0.717) is 17.0 Å². The fourth-order valence-electron chi connectivity index (χ4n) is 2.33. The molecule has 0 saturated carbocycles. The van der Waals surface area contributed by atoms with E-state index in [1.807, 2.05) is 18.2 Å². The highest BCUT2D eigenvalue weighted by Crippen LogP contribution is 2.33. The van der Waals surface area contributed by atoms with E-state index in [-0.39, 0.29) is 23.2 Å². The molecule has 1 aromatic heterocycles. The topological polar surface area (TPSA) is 70.9 Å². The molecule has 2 aromatic rings. The van der Waals surface area contributed by atoms with Crippen LogP contribution in [0, 0.1) is 5.92 Å². The second-order valence-electron chi connectivity index (χ2n) is 6.03. The molecule has 2 N–H and O–H groups in total. The van der Waals surface area contributed by atoms with Gasteiger partial charge in [0.1, 0.15) is 0 Å².